The van der Waals surface area contributed by atoms with E-state index in [1.165, 1.54) is 17.4 Å². The van der Waals surface area contributed by atoms with Crippen LogP contribution in [0.4, 0.5) is 5.82 Å². The number of hydrogen-bond donors (Lipinski definition) is 0. The number of benzene rings is 1. The van der Waals surface area contributed by atoms with Crippen LogP contribution in [0.1, 0.15) is 32.8 Å². The van der Waals surface area contributed by atoms with Crippen molar-refractivity contribution in [1.82, 2.24) is 4.98 Å². The molecule has 1 aliphatic heterocycles. The third-order valence-corrected chi connectivity index (χ3v) is 5.00. The summed E-state index contributed by atoms with van der Waals surface area (Å²) in [6, 6.07) is 10.8. The molecule has 20 heavy (non-hydrogen) atoms. The molecule has 2 aromatic rings. The van der Waals surface area contributed by atoms with Crippen LogP contribution in [-0.4, -0.2) is 18.1 Å². The van der Waals surface area contributed by atoms with E-state index in [0.29, 0.717) is 5.41 Å². The first-order valence-corrected chi connectivity index (χ1v) is 7.59. The quantitative estimate of drug-likeness (QED) is 0.761. The van der Waals surface area contributed by atoms with Crippen molar-refractivity contribution >= 4 is 16.7 Å². The first-order valence-electron chi connectivity index (χ1n) is 7.59. The van der Waals surface area contributed by atoms with Crippen molar-refractivity contribution in [3.63, 3.8) is 0 Å². The molecule has 2 nitrogen and oxygen atoms in total. The molecule has 2 heterocycles. The Bertz CT molecular complexity index is 630. The number of pyridine rings is 1. The summed E-state index contributed by atoms with van der Waals surface area (Å²) in [5.74, 6) is 1.91. The maximum atomic E-state index is 4.91. The average Bonchev–Trinajstić information content (AvgIpc) is 2.42. The number of anilines is 1. The summed E-state index contributed by atoms with van der Waals surface area (Å²) in [4.78, 5) is 7.37. The molecule has 0 unspecified atom stereocenters. The largest absolute Gasteiger partial charge is 0.356 e. The normalized spacial score (nSPS) is 22.2. The molecule has 2 heteroatoms. The van der Waals surface area contributed by atoms with Crippen molar-refractivity contribution in [3.05, 3.63) is 35.9 Å². The first kappa shape index (κ1) is 13.4. The summed E-state index contributed by atoms with van der Waals surface area (Å²) >= 11 is 0. The van der Waals surface area contributed by atoms with Crippen LogP contribution in [0, 0.1) is 18.3 Å². The highest BCUT2D eigenvalue weighted by Gasteiger charge is 2.33. The number of para-hydroxylation sites is 1. The maximum absolute atomic E-state index is 4.91. The van der Waals surface area contributed by atoms with Gasteiger partial charge in [0.15, 0.2) is 0 Å². The van der Waals surface area contributed by atoms with Crippen molar-refractivity contribution < 1.29 is 0 Å². The molecule has 1 fully saturated rings. The number of fused-ring (bicyclic) bond motifs is 1. The smallest absolute Gasteiger partial charge is 0.129 e. The number of aromatic nitrogens is 1. The predicted octanol–water partition coefficient (Wildman–Crippen LogP) is 4.42. The fraction of sp³-hybridized carbons (Fsp3) is 0.500. The van der Waals surface area contributed by atoms with E-state index in [0.717, 1.165) is 30.3 Å². The minimum atomic E-state index is 0.362. The van der Waals surface area contributed by atoms with Gasteiger partial charge in [-0.1, -0.05) is 39.0 Å². The van der Waals surface area contributed by atoms with E-state index >= 15 is 0 Å². The molecule has 0 N–H and O–H groups in total. The molecule has 1 aliphatic rings. The summed E-state index contributed by atoms with van der Waals surface area (Å²) in [5, 5.41) is 1.23. The van der Waals surface area contributed by atoms with Gasteiger partial charge in [0.2, 0.25) is 0 Å². The second-order valence-corrected chi connectivity index (χ2v) is 6.92. The molecule has 1 atom stereocenters. The summed E-state index contributed by atoms with van der Waals surface area (Å²) in [6.07, 6.45) is 1.25. The van der Waals surface area contributed by atoms with E-state index in [4.69, 9.17) is 4.98 Å². The number of rotatable bonds is 1. The van der Waals surface area contributed by atoms with E-state index < -0.39 is 0 Å². The Hall–Kier alpha value is -1.57. The maximum Gasteiger partial charge on any atom is 0.129 e. The third-order valence-electron chi connectivity index (χ3n) is 5.00. The highest BCUT2D eigenvalue weighted by Crippen LogP contribution is 2.36. The number of nitrogens with zero attached hydrogens (tertiary/aromatic N) is 2. The molecule has 0 saturated carbocycles. The minimum absolute atomic E-state index is 0.362. The zero-order valence-corrected chi connectivity index (χ0v) is 13.0. The molecule has 3 rings (SSSR count). The Morgan fingerprint density at radius 3 is 2.75 bits per heavy atom. The first-order chi connectivity index (χ1) is 9.47. The van der Waals surface area contributed by atoms with Gasteiger partial charge in [0, 0.05) is 18.5 Å². The second kappa shape index (κ2) is 4.76. The molecule has 106 valence electrons. The monoisotopic (exact) mass is 268 g/mol. The van der Waals surface area contributed by atoms with Gasteiger partial charge in [0.25, 0.3) is 0 Å². The van der Waals surface area contributed by atoms with Gasteiger partial charge in [0.05, 0.1) is 5.52 Å². The Morgan fingerprint density at radius 1 is 1.20 bits per heavy atom. The van der Waals surface area contributed by atoms with Crippen LogP contribution in [0.5, 0.6) is 0 Å². The van der Waals surface area contributed by atoms with Crippen LogP contribution in [0.2, 0.25) is 0 Å². The lowest BCUT2D eigenvalue weighted by atomic mass is 9.75. The standard InChI is InChI=1S/C18H24N2/c1-13-6-5-7-15-8-9-16(19-17(13)15)20-11-10-14(2)18(3,4)12-20/h5-9,14H,10-12H2,1-4H3/t14-/m0/s1. The molecular formula is C18H24N2. The van der Waals surface area contributed by atoms with Crippen LogP contribution in [-0.2, 0) is 0 Å². The van der Waals surface area contributed by atoms with Gasteiger partial charge in [-0.3, -0.25) is 0 Å². The second-order valence-electron chi connectivity index (χ2n) is 6.92. The van der Waals surface area contributed by atoms with Gasteiger partial charge in [0.1, 0.15) is 5.82 Å². The minimum Gasteiger partial charge on any atom is -0.356 e. The van der Waals surface area contributed by atoms with Crippen LogP contribution < -0.4 is 4.90 Å². The van der Waals surface area contributed by atoms with E-state index in [-0.39, 0.29) is 0 Å². The highest BCUT2D eigenvalue weighted by molar-refractivity contribution is 5.83. The van der Waals surface area contributed by atoms with E-state index in [1.54, 1.807) is 0 Å². The Morgan fingerprint density at radius 2 is 2.00 bits per heavy atom. The van der Waals surface area contributed by atoms with Gasteiger partial charge < -0.3 is 4.90 Å². The Balaban J connectivity index is 1.97. The summed E-state index contributed by atoms with van der Waals surface area (Å²) in [6.45, 7) is 11.5. The van der Waals surface area contributed by atoms with Gasteiger partial charge >= 0.3 is 0 Å². The highest BCUT2D eigenvalue weighted by atomic mass is 15.2. The molecule has 1 saturated heterocycles. The van der Waals surface area contributed by atoms with E-state index in [2.05, 4.69) is 62.9 Å². The average molecular weight is 268 g/mol. The lowest BCUT2D eigenvalue weighted by Crippen LogP contribution is -2.45. The SMILES string of the molecule is Cc1cccc2ccc(N3CC[C@H](C)C(C)(C)C3)nc12. The van der Waals surface area contributed by atoms with Crippen molar-refractivity contribution in [1.29, 1.82) is 0 Å². The van der Waals surface area contributed by atoms with Gasteiger partial charge in [-0.05, 0) is 42.4 Å². The third kappa shape index (κ3) is 2.28. The number of aryl methyl sites for hydroxylation is 1. The van der Waals surface area contributed by atoms with Crippen molar-refractivity contribution in [2.45, 2.75) is 34.1 Å². The summed E-state index contributed by atoms with van der Waals surface area (Å²) < 4.78 is 0. The molecule has 0 radical (unpaired) electrons. The zero-order chi connectivity index (χ0) is 14.3. The van der Waals surface area contributed by atoms with Crippen LogP contribution in [0.25, 0.3) is 10.9 Å². The Labute approximate surface area is 121 Å². The summed E-state index contributed by atoms with van der Waals surface area (Å²) in [7, 11) is 0. The van der Waals surface area contributed by atoms with Crippen molar-refractivity contribution in [3.8, 4) is 0 Å². The molecule has 0 aliphatic carbocycles. The molecule has 1 aromatic heterocycles. The topological polar surface area (TPSA) is 16.1 Å². The lowest BCUT2D eigenvalue weighted by Gasteiger charge is -2.43. The number of piperidine rings is 1. The van der Waals surface area contributed by atoms with Crippen molar-refractivity contribution in [2.75, 3.05) is 18.0 Å². The fourth-order valence-electron chi connectivity index (χ4n) is 3.12. The predicted molar refractivity (Wildman–Crippen MR) is 86.3 cm³/mol. The van der Waals surface area contributed by atoms with Crippen LogP contribution >= 0.6 is 0 Å². The van der Waals surface area contributed by atoms with Gasteiger partial charge in [-0.2, -0.15) is 0 Å². The van der Waals surface area contributed by atoms with Crippen LogP contribution in [0.3, 0.4) is 0 Å². The molecule has 0 amide bonds. The Kier molecular flexibility index (Phi) is 3.19. The van der Waals surface area contributed by atoms with E-state index in [9.17, 15) is 0 Å². The molecular weight excluding hydrogens is 244 g/mol. The van der Waals surface area contributed by atoms with Gasteiger partial charge in [-0.25, -0.2) is 4.98 Å². The zero-order valence-electron chi connectivity index (χ0n) is 13.0. The lowest BCUT2D eigenvalue weighted by molar-refractivity contribution is 0.193. The van der Waals surface area contributed by atoms with Crippen LogP contribution in [0.15, 0.2) is 30.3 Å². The molecule has 1 aromatic carbocycles. The van der Waals surface area contributed by atoms with Gasteiger partial charge in [-0.15, -0.1) is 0 Å². The van der Waals surface area contributed by atoms with E-state index in [1.807, 2.05) is 0 Å². The summed E-state index contributed by atoms with van der Waals surface area (Å²) in [5.41, 5.74) is 2.76. The fourth-order valence-corrected chi connectivity index (χ4v) is 3.12. The molecule has 0 bridgehead atoms. The molecule has 0 spiro atoms. The van der Waals surface area contributed by atoms with Crippen molar-refractivity contribution in [2.24, 2.45) is 11.3 Å². The number of hydrogen-bond acceptors (Lipinski definition) is 2.